The lowest BCUT2D eigenvalue weighted by atomic mass is 9.98. The van der Waals surface area contributed by atoms with Crippen LogP contribution in [0.1, 0.15) is 19.8 Å². The molecule has 0 aromatic carbocycles. The standard InChI is InChI=1S/C12H20N2O2S/c1-7(2)10(15)9-6-5-8-11(16-9)17-12(13-8)14(3)4/h8-11,15H,1,5-6H2,2-4H3/t8-,9-,10-,11-/m1/s1. The van der Waals surface area contributed by atoms with Crippen molar-refractivity contribution in [3.8, 4) is 0 Å². The molecule has 0 aromatic heterocycles. The van der Waals surface area contributed by atoms with E-state index in [1.54, 1.807) is 11.8 Å². The van der Waals surface area contributed by atoms with Crippen molar-refractivity contribution in [1.82, 2.24) is 4.90 Å². The normalized spacial score (nSPS) is 33.9. The van der Waals surface area contributed by atoms with Crippen LogP contribution < -0.4 is 0 Å². The molecule has 17 heavy (non-hydrogen) atoms. The molecule has 96 valence electrons. The van der Waals surface area contributed by atoms with Gasteiger partial charge in [-0.05, 0) is 25.3 Å². The summed E-state index contributed by atoms with van der Waals surface area (Å²) < 4.78 is 5.92. The lowest BCUT2D eigenvalue weighted by Gasteiger charge is -2.33. The third-order valence-corrected chi connectivity index (χ3v) is 4.45. The van der Waals surface area contributed by atoms with Crippen LogP contribution in [0, 0.1) is 0 Å². The van der Waals surface area contributed by atoms with E-state index in [0.29, 0.717) is 0 Å². The molecule has 4 nitrogen and oxygen atoms in total. The first-order valence-electron chi connectivity index (χ1n) is 5.89. The second kappa shape index (κ2) is 5.00. The van der Waals surface area contributed by atoms with E-state index < -0.39 is 6.10 Å². The zero-order valence-electron chi connectivity index (χ0n) is 10.6. The summed E-state index contributed by atoms with van der Waals surface area (Å²) in [6.45, 7) is 5.62. The van der Waals surface area contributed by atoms with E-state index >= 15 is 0 Å². The van der Waals surface area contributed by atoms with Gasteiger partial charge in [-0.2, -0.15) is 0 Å². The van der Waals surface area contributed by atoms with E-state index in [1.165, 1.54) is 0 Å². The van der Waals surface area contributed by atoms with Crippen molar-refractivity contribution < 1.29 is 9.84 Å². The summed E-state index contributed by atoms with van der Waals surface area (Å²) >= 11 is 1.65. The highest BCUT2D eigenvalue weighted by Gasteiger charge is 2.39. The molecular formula is C12H20N2O2S. The largest absolute Gasteiger partial charge is 0.386 e. The van der Waals surface area contributed by atoms with Crippen LogP contribution in [-0.2, 0) is 4.74 Å². The highest BCUT2D eigenvalue weighted by atomic mass is 32.2. The maximum Gasteiger partial charge on any atom is 0.161 e. The summed E-state index contributed by atoms with van der Waals surface area (Å²) in [7, 11) is 3.98. The fourth-order valence-electron chi connectivity index (χ4n) is 2.08. The molecule has 2 aliphatic heterocycles. The van der Waals surface area contributed by atoms with E-state index in [0.717, 1.165) is 23.6 Å². The third-order valence-electron chi connectivity index (χ3n) is 3.11. The summed E-state index contributed by atoms with van der Waals surface area (Å²) in [5, 5.41) is 11.0. The number of aliphatic hydroxyl groups excluding tert-OH is 1. The quantitative estimate of drug-likeness (QED) is 0.760. The minimum atomic E-state index is -0.556. The second-order valence-electron chi connectivity index (χ2n) is 4.90. The number of thioether (sulfide) groups is 1. The summed E-state index contributed by atoms with van der Waals surface area (Å²) in [4.78, 5) is 6.64. The van der Waals surface area contributed by atoms with Crippen molar-refractivity contribution in [3.05, 3.63) is 12.2 Å². The van der Waals surface area contributed by atoms with E-state index in [4.69, 9.17) is 4.74 Å². The lowest BCUT2D eigenvalue weighted by Crippen LogP contribution is -2.40. The van der Waals surface area contributed by atoms with Gasteiger partial charge in [-0.3, -0.25) is 4.99 Å². The Hall–Kier alpha value is -0.520. The van der Waals surface area contributed by atoms with Crippen LogP contribution in [0.4, 0.5) is 0 Å². The number of amidine groups is 1. The monoisotopic (exact) mass is 256 g/mol. The number of hydrogen-bond donors (Lipinski definition) is 1. The van der Waals surface area contributed by atoms with E-state index in [-0.39, 0.29) is 17.6 Å². The van der Waals surface area contributed by atoms with Crippen LogP contribution in [0.2, 0.25) is 0 Å². The van der Waals surface area contributed by atoms with E-state index in [9.17, 15) is 5.11 Å². The van der Waals surface area contributed by atoms with Gasteiger partial charge >= 0.3 is 0 Å². The molecule has 4 atom stereocenters. The number of ether oxygens (including phenoxy) is 1. The zero-order valence-corrected chi connectivity index (χ0v) is 11.4. The van der Waals surface area contributed by atoms with Crippen molar-refractivity contribution >= 4 is 16.9 Å². The molecule has 1 N–H and O–H groups in total. The van der Waals surface area contributed by atoms with Crippen LogP contribution in [0.25, 0.3) is 0 Å². The van der Waals surface area contributed by atoms with Gasteiger partial charge in [0.15, 0.2) is 5.17 Å². The fourth-order valence-corrected chi connectivity index (χ4v) is 3.25. The molecule has 0 spiro atoms. The molecule has 0 aliphatic carbocycles. The first-order valence-corrected chi connectivity index (χ1v) is 6.77. The first kappa shape index (κ1) is 12.9. The van der Waals surface area contributed by atoms with Crippen molar-refractivity contribution in [2.75, 3.05) is 14.1 Å². The Morgan fingerprint density at radius 3 is 2.88 bits per heavy atom. The first-order chi connectivity index (χ1) is 7.99. The zero-order chi connectivity index (χ0) is 12.6. The van der Waals surface area contributed by atoms with Crippen molar-refractivity contribution in [3.63, 3.8) is 0 Å². The Bertz CT molecular complexity index is 343. The van der Waals surface area contributed by atoms with E-state index in [1.807, 2.05) is 25.9 Å². The van der Waals surface area contributed by atoms with Crippen molar-refractivity contribution in [2.45, 2.75) is 43.5 Å². The molecule has 2 aliphatic rings. The van der Waals surface area contributed by atoms with Crippen molar-refractivity contribution in [1.29, 1.82) is 0 Å². The van der Waals surface area contributed by atoms with Crippen LogP contribution in [0.5, 0.6) is 0 Å². The smallest absolute Gasteiger partial charge is 0.161 e. The predicted molar refractivity (Wildman–Crippen MR) is 71.2 cm³/mol. The maximum absolute atomic E-state index is 9.96. The summed E-state index contributed by atoms with van der Waals surface area (Å²) in [6, 6.07) is 0.242. The average Bonchev–Trinajstić information content (AvgIpc) is 2.70. The van der Waals surface area contributed by atoms with Gasteiger partial charge in [0, 0.05) is 14.1 Å². The second-order valence-corrected chi connectivity index (χ2v) is 5.97. The van der Waals surface area contributed by atoms with Gasteiger partial charge in [0.25, 0.3) is 0 Å². The van der Waals surface area contributed by atoms with Crippen molar-refractivity contribution in [2.24, 2.45) is 4.99 Å². The summed E-state index contributed by atoms with van der Waals surface area (Å²) in [5.41, 5.74) is 0.824. The Balaban J connectivity index is 1.97. The molecule has 0 bridgehead atoms. The van der Waals surface area contributed by atoms with Crippen LogP contribution in [0.3, 0.4) is 0 Å². The minimum Gasteiger partial charge on any atom is -0.386 e. The Morgan fingerprint density at radius 1 is 1.59 bits per heavy atom. The lowest BCUT2D eigenvalue weighted by molar-refractivity contribution is -0.0670. The molecule has 0 amide bonds. The number of hydrogen-bond acceptors (Lipinski definition) is 5. The number of nitrogens with zero attached hydrogens (tertiary/aromatic N) is 2. The van der Waals surface area contributed by atoms with Crippen LogP contribution >= 0.6 is 11.8 Å². The molecule has 0 radical (unpaired) electrons. The number of aliphatic hydroxyl groups is 1. The molecule has 0 saturated carbocycles. The highest BCUT2D eigenvalue weighted by molar-refractivity contribution is 8.14. The summed E-state index contributed by atoms with van der Waals surface area (Å²) in [6.07, 6.45) is 1.14. The maximum atomic E-state index is 9.96. The van der Waals surface area contributed by atoms with E-state index in [2.05, 4.69) is 11.6 Å². The predicted octanol–water partition coefficient (Wildman–Crippen LogP) is 1.46. The number of fused-ring (bicyclic) bond motifs is 1. The van der Waals surface area contributed by atoms with Gasteiger partial charge in [0.2, 0.25) is 0 Å². The van der Waals surface area contributed by atoms with Gasteiger partial charge in [0.05, 0.1) is 12.1 Å². The molecule has 1 fully saturated rings. The van der Waals surface area contributed by atoms with Crippen LogP contribution in [-0.4, -0.2) is 53.0 Å². The summed E-state index contributed by atoms with van der Waals surface area (Å²) in [5.74, 6) is 0. The SMILES string of the molecule is C=C(C)[C@@H](O)[C@H]1CC[C@H]2N=C(N(C)C)S[C@H]2O1. The number of rotatable bonds is 2. The fraction of sp³-hybridized carbons (Fsp3) is 0.750. The molecule has 2 heterocycles. The van der Waals surface area contributed by atoms with Gasteiger partial charge in [-0.15, -0.1) is 0 Å². The topological polar surface area (TPSA) is 45.1 Å². The highest BCUT2D eigenvalue weighted by Crippen LogP contribution is 2.37. The number of aliphatic imine (C=N–C) groups is 1. The Labute approximate surface area is 107 Å². The Kier molecular flexibility index (Phi) is 3.80. The molecule has 5 heteroatoms. The molecule has 0 aromatic rings. The van der Waals surface area contributed by atoms with Crippen LogP contribution in [0.15, 0.2) is 17.1 Å². The molecule has 0 unspecified atom stereocenters. The average molecular weight is 256 g/mol. The van der Waals surface area contributed by atoms with Gasteiger partial charge in [-0.25, -0.2) is 0 Å². The molecule has 1 saturated heterocycles. The molecular weight excluding hydrogens is 236 g/mol. The minimum absolute atomic E-state index is 0.0557. The van der Waals surface area contributed by atoms with Gasteiger partial charge in [0.1, 0.15) is 11.5 Å². The van der Waals surface area contributed by atoms with Gasteiger partial charge in [-0.1, -0.05) is 18.3 Å². The molecule has 2 rings (SSSR count). The Morgan fingerprint density at radius 2 is 2.29 bits per heavy atom. The third kappa shape index (κ3) is 2.67. The van der Waals surface area contributed by atoms with Gasteiger partial charge < -0.3 is 14.7 Å².